The molecule has 96 valence electrons. The molecule has 0 aliphatic carbocycles. The minimum Gasteiger partial charge on any atom is -0.480 e. The van der Waals surface area contributed by atoms with E-state index in [2.05, 4.69) is 15.3 Å². The summed E-state index contributed by atoms with van der Waals surface area (Å²) in [5.41, 5.74) is 5.85. The first-order valence-electron chi connectivity index (χ1n) is 4.83. The summed E-state index contributed by atoms with van der Waals surface area (Å²) in [6.07, 6.45) is 3.26. The third-order valence-corrected chi connectivity index (χ3v) is 1.98. The summed E-state index contributed by atoms with van der Waals surface area (Å²) in [6, 6.07) is -0.959. The SMILES string of the molecule is Cl.NCCC(=O)N[C@H](Cc1cnc[nH]1)C(=O)O. The van der Waals surface area contributed by atoms with Crippen LogP contribution in [0.1, 0.15) is 12.1 Å². The van der Waals surface area contributed by atoms with E-state index in [1.807, 2.05) is 0 Å². The zero-order chi connectivity index (χ0) is 12.0. The molecular weight excluding hydrogens is 248 g/mol. The third kappa shape index (κ3) is 5.32. The van der Waals surface area contributed by atoms with Crippen LogP contribution in [0, 0.1) is 0 Å². The number of aliphatic carboxylic acids is 1. The van der Waals surface area contributed by atoms with Crippen LogP contribution in [-0.4, -0.2) is 39.5 Å². The van der Waals surface area contributed by atoms with Gasteiger partial charge in [0.25, 0.3) is 0 Å². The van der Waals surface area contributed by atoms with E-state index in [4.69, 9.17) is 10.8 Å². The monoisotopic (exact) mass is 262 g/mol. The van der Waals surface area contributed by atoms with E-state index in [0.29, 0.717) is 5.69 Å². The normalized spacial score (nSPS) is 11.4. The van der Waals surface area contributed by atoms with Gasteiger partial charge in [0.2, 0.25) is 5.91 Å². The van der Waals surface area contributed by atoms with Gasteiger partial charge in [0.15, 0.2) is 0 Å². The first-order chi connectivity index (χ1) is 7.63. The van der Waals surface area contributed by atoms with Crippen LogP contribution in [0.15, 0.2) is 12.5 Å². The van der Waals surface area contributed by atoms with Crippen molar-refractivity contribution in [1.82, 2.24) is 15.3 Å². The second-order valence-corrected chi connectivity index (χ2v) is 3.28. The molecule has 1 atom stereocenters. The average molecular weight is 263 g/mol. The summed E-state index contributed by atoms with van der Waals surface area (Å²) in [4.78, 5) is 28.6. The Bertz CT molecular complexity index is 355. The second-order valence-electron chi connectivity index (χ2n) is 3.28. The molecule has 0 saturated heterocycles. The lowest BCUT2D eigenvalue weighted by molar-refractivity contribution is -0.141. The molecule has 0 fully saturated rings. The van der Waals surface area contributed by atoms with Crippen molar-refractivity contribution < 1.29 is 14.7 Å². The van der Waals surface area contributed by atoms with E-state index < -0.39 is 12.0 Å². The predicted molar refractivity (Wildman–Crippen MR) is 62.8 cm³/mol. The highest BCUT2D eigenvalue weighted by Crippen LogP contribution is 1.99. The molecule has 1 heterocycles. The van der Waals surface area contributed by atoms with Gasteiger partial charge in [-0.3, -0.25) is 4.79 Å². The van der Waals surface area contributed by atoms with Crippen molar-refractivity contribution in [2.45, 2.75) is 18.9 Å². The van der Waals surface area contributed by atoms with Crippen LogP contribution in [-0.2, 0) is 16.0 Å². The van der Waals surface area contributed by atoms with E-state index in [9.17, 15) is 9.59 Å². The quantitative estimate of drug-likeness (QED) is 0.540. The van der Waals surface area contributed by atoms with Crippen molar-refractivity contribution in [2.24, 2.45) is 5.73 Å². The van der Waals surface area contributed by atoms with Gasteiger partial charge >= 0.3 is 5.97 Å². The number of amides is 1. The molecule has 0 bridgehead atoms. The van der Waals surface area contributed by atoms with Gasteiger partial charge in [-0.25, -0.2) is 9.78 Å². The van der Waals surface area contributed by atoms with Crippen LogP contribution in [0.3, 0.4) is 0 Å². The molecule has 0 aliphatic heterocycles. The van der Waals surface area contributed by atoms with Gasteiger partial charge in [-0.05, 0) is 0 Å². The number of hydrogen-bond acceptors (Lipinski definition) is 4. The Morgan fingerprint density at radius 3 is 2.76 bits per heavy atom. The minimum atomic E-state index is -1.08. The van der Waals surface area contributed by atoms with Crippen LogP contribution in [0.4, 0.5) is 0 Å². The molecule has 0 aliphatic rings. The number of aromatic nitrogens is 2. The summed E-state index contributed by atoms with van der Waals surface area (Å²) >= 11 is 0. The Morgan fingerprint density at radius 2 is 2.29 bits per heavy atom. The van der Waals surface area contributed by atoms with Gasteiger partial charge in [-0.15, -0.1) is 12.4 Å². The number of carboxylic acids is 1. The highest BCUT2D eigenvalue weighted by atomic mass is 35.5. The Morgan fingerprint density at radius 1 is 1.59 bits per heavy atom. The molecule has 7 nitrogen and oxygen atoms in total. The molecule has 5 N–H and O–H groups in total. The number of carbonyl (C=O) groups excluding carboxylic acids is 1. The number of aromatic amines is 1. The zero-order valence-corrected chi connectivity index (χ0v) is 9.87. The summed E-state index contributed by atoms with van der Waals surface area (Å²) in [6.45, 7) is 0.197. The first kappa shape index (κ1) is 15.4. The fourth-order valence-electron chi connectivity index (χ4n) is 1.21. The maximum absolute atomic E-state index is 11.2. The lowest BCUT2D eigenvalue weighted by atomic mass is 10.1. The number of halogens is 1. The summed E-state index contributed by atoms with van der Waals surface area (Å²) < 4.78 is 0. The van der Waals surface area contributed by atoms with Crippen LogP contribution < -0.4 is 11.1 Å². The van der Waals surface area contributed by atoms with Crippen molar-refractivity contribution in [3.63, 3.8) is 0 Å². The lowest BCUT2D eigenvalue weighted by Crippen LogP contribution is -2.42. The van der Waals surface area contributed by atoms with Gasteiger partial charge in [0.1, 0.15) is 6.04 Å². The molecule has 0 unspecified atom stereocenters. The van der Waals surface area contributed by atoms with Crippen LogP contribution in [0.5, 0.6) is 0 Å². The van der Waals surface area contributed by atoms with E-state index in [1.165, 1.54) is 12.5 Å². The largest absolute Gasteiger partial charge is 0.480 e. The average Bonchev–Trinajstić information content (AvgIpc) is 2.69. The molecule has 1 rings (SSSR count). The van der Waals surface area contributed by atoms with Gasteiger partial charge in [0.05, 0.1) is 6.33 Å². The number of carboxylic acid groups (broad SMARTS) is 1. The number of hydrogen-bond donors (Lipinski definition) is 4. The molecule has 17 heavy (non-hydrogen) atoms. The minimum absolute atomic E-state index is 0. The molecule has 1 amide bonds. The van der Waals surface area contributed by atoms with Crippen LogP contribution in [0.25, 0.3) is 0 Å². The third-order valence-electron chi connectivity index (χ3n) is 1.98. The maximum atomic E-state index is 11.2. The van der Waals surface area contributed by atoms with Gasteiger partial charge < -0.3 is 21.1 Å². The summed E-state index contributed by atoms with van der Waals surface area (Å²) in [7, 11) is 0. The lowest BCUT2D eigenvalue weighted by Gasteiger charge is -2.13. The van der Waals surface area contributed by atoms with Crippen LogP contribution >= 0.6 is 12.4 Å². The molecule has 0 spiro atoms. The van der Waals surface area contributed by atoms with Crippen molar-refractivity contribution >= 4 is 24.3 Å². The highest BCUT2D eigenvalue weighted by Gasteiger charge is 2.20. The van der Waals surface area contributed by atoms with Crippen LogP contribution in [0.2, 0.25) is 0 Å². The summed E-state index contributed by atoms with van der Waals surface area (Å²) in [5, 5.41) is 11.3. The smallest absolute Gasteiger partial charge is 0.326 e. The van der Waals surface area contributed by atoms with Crippen molar-refractivity contribution in [1.29, 1.82) is 0 Å². The second kappa shape index (κ2) is 7.64. The molecule has 0 radical (unpaired) electrons. The number of rotatable bonds is 6. The maximum Gasteiger partial charge on any atom is 0.326 e. The molecule has 0 saturated carbocycles. The molecule has 1 aromatic heterocycles. The predicted octanol–water partition coefficient (Wildman–Crippen LogP) is -0.708. The Hall–Kier alpha value is -1.60. The van der Waals surface area contributed by atoms with Crippen molar-refractivity contribution in [3.8, 4) is 0 Å². The molecule has 1 aromatic rings. The van der Waals surface area contributed by atoms with Gasteiger partial charge in [0, 0.05) is 31.3 Å². The molecule has 8 heteroatoms. The zero-order valence-electron chi connectivity index (χ0n) is 9.05. The van der Waals surface area contributed by atoms with E-state index in [0.717, 1.165) is 0 Å². The van der Waals surface area contributed by atoms with Crippen molar-refractivity contribution in [3.05, 3.63) is 18.2 Å². The standard InChI is InChI=1S/C9H14N4O3.ClH/c10-2-1-8(14)13-7(9(15)16)3-6-4-11-5-12-6;/h4-5,7H,1-3,10H2,(H,11,12)(H,13,14)(H,15,16);1H/t7-;/m1./s1. The van der Waals surface area contributed by atoms with E-state index >= 15 is 0 Å². The fraction of sp³-hybridized carbons (Fsp3) is 0.444. The van der Waals surface area contributed by atoms with E-state index in [1.54, 1.807) is 0 Å². The van der Waals surface area contributed by atoms with Gasteiger partial charge in [-0.1, -0.05) is 0 Å². The van der Waals surface area contributed by atoms with E-state index in [-0.39, 0.29) is 37.7 Å². The molecule has 0 aromatic carbocycles. The van der Waals surface area contributed by atoms with Gasteiger partial charge in [-0.2, -0.15) is 0 Å². The number of carbonyl (C=O) groups is 2. The fourth-order valence-corrected chi connectivity index (χ4v) is 1.21. The Balaban J connectivity index is 0.00000256. The molecular formula is C9H15ClN4O3. The summed E-state index contributed by atoms with van der Waals surface area (Å²) in [5.74, 6) is -1.45. The number of nitrogens with zero attached hydrogens (tertiary/aromatic N) is 1. The van der Waals surface area contributed by atoms with Crippen molar-refractivity contribution in [2.75, 3.05) is 6.54 Å². The number of nitrogens with two attached hydrogens (primary N) is 1. The Kier molecular flexibility index (Phi) is 6.92. The number of H-pyrrole nitrogens is 1. The highest BCUT2D eigenvalue weighted by molar-refractivity contribution is 5.85. The first-order valence-corrected chi connectivity index (χ1v) is 4.83. The Labute approximate surface area is 104 Å². The number of imidazole rings is 1. The number of nitrogens with one attached hydrogen (secondary N) is 2. The topological polar surface area (TPSA) is 121 Å².